The number of alkyl halides is 1. The molecule has 3 rings (SSSR count). The molecule has 2 heterocycles. The van der Waals surface area contributed by atoms with E-state index in [0.29, 0.717) is 12.4 Å². The number of fused-ring (bicyclic) bond motifs is 1. The molecule has 0 aromatic carbocycles. The average Bonchev–Trinajstić information content (AvgIpc) is 2.74. The van der Waals surface area contributed by atoms with E-state index < -0.39 is 0 Å². The summed E-state index contributed by atoms with van der Waals surface area (Å²) < 4.78 is 0. The molecule has 1 saturated heterocycles. The maximum absolute atomic E-state index is 12.1. The third-order valence-electron chi connectivity index (χ3n) is 4.40. The quantitative estimate of drug-likeness (QED) is 0.620. The molecule has 20 heavy (non-hydrogen) atoms. The van der Waals surface area contributed by atoms with Gasteiger partial charge >= 0.3 is 0 Å². The predicted octanol–water partition coefficient (Wildman–Crippen LogP) is 2.46. The Labute approximate surface area is 127 Å². The zero-order chi connectivity index (χ0) is 14.5. The van der Waals surface area contributed by atoms with Crippen LogP contribution in [0.15, 0.2) is 5.38 Å². The van der Waals surface area contributed by atoms with Crippen LogP contribution in [-0.4, -0.2) is 28.2 Å². The summed E-state index contributed by atoms with van der Waals surface area (Å²) in [7, 11) is 0. The number of aromatic nitrogens is 1. The van der Waals surface area contributed by atoms with E-state index in [-0.39, 0.29) is 29.1 Å². The summed E-state index contributed by atoms with van der Waals surface area (Å²) in [6.45, 7) is 4.51. The number of amides is 2. The summed E-state index contributed by atoms with van der Waals surface area (Å²) in [5.74, 6) is 0.324. The highest BCUT2D eigenvalue weighted by Crippen LogP contribution is 2.63. The largest absolute Gasteiger partial charge is 0.282 e. The van der Waals surface area contributed by atoms with Crippen molar-refractivity contribution in [1.29, 1.82) is 0 Å². The van der Waals surface area contributed by atoms with Crippen molar-refractivity contribution in [1.82, 2.24) is 9.88 Å². The number of hydrogen-bond donors (Lipinski definition) is 0. The van der Waals surface area contributed by atoms with Gasteiger partial charge in [0.15, 0.2) is 0 Å². The Morgan fingerprint density at radius 2 is 2.00 bits per heavy atom. The zero-order valence-corrected chi connectivity index (χ0v) is 13.1. The van der Waals surface area contributed by atoms with Gasteiger partial charge in [-0.15, -0.1) is 22.9 Å². The SMILES string of the molecule is CC1(C)C2C(=O)N(CCCc3nc(CCl)cs3)C(=O)C21. The van der Waals surface area contributed by atoms with Crippen LogP contribution in [-0.2, 0) is 21.9 Å². The van der Waals surface area contributed by atoms with E-state index in [2.05, 4.69) is 4.98 Å². The molecule has 0 spiro atoms. The Bertz CT molecular complexity index is 545. The first-order valence-electron chi connectivity index (χ1n) is 6.81. The van der Waals surface area contributed by atoms with Crippen LogP contribution in [0, 0.1) is 17.3 Å². The molecule has 0 N–H and O–H groups in total. The van der Waals surface area contributed by atoms with E-state index in [1.165, 1.54) is 4.90 Å². The fraction of sp³-hybridized carbons (Fsp3) is 0.643. The first-order valence-corrected chi connectivity index (χ1v) is 8.22. The number of halogens is 1. The normalized spacial score (nSPS) is 27.1. The minimum Gasteiger partial charge on any atom is -0.282 e. The fourth-order valence-electron chi connectivity index (χ4n) is 3.14. The number of imide groups is 1. The maximum atomic E-state index is 12.1. The van der Waals surface area contributed by atoms with Crippen molar-refractivity contribution in [3.05, 3.63) is 16.1 Å². The molecule has 4 nitrogen and oxygen atoms in total. The minimum absolute atomic E-state index is 0.0191. The summed E-state index contributed by atoms with van der Waals surface area (Å²) in [6.07, 6.45) is 1.56. The van der Waals surface area contributed by atoms with Crippen LogP contribution in [0.2, 0.25) is 0 Å². The molecular weight excluding hydrogens is 296 g/mol. The Morgan fingerprint density at radius 1 is 1.35 bits per heavy atom. The molecule has 0 bridgehead atoms. The number of aryl methyl sites for hydroxylation is 1. The third kappa shape index (κ3) is 2.07. The topological polar surface area (TPSA) is 50.3 Å². The van der Waals surface area contributed by atoms with Gasteiger partial charge in [0.2, 0.25) is 11.8 Å². The molecule has 2 unspecified atom stereocenters. The van der Waals surface area contributed by atoms with Crippen molar-refractivity contribution >= 4 is 34.8 Å². The second-order valence-corrected chi connectivity index (χ2v) is 7.28. The third-order valence-corrected chi connectivity index (χ3v) is 5.63. The summed E-state index contributed by atoms with van der Waals surface area (Å²) in [5, 5.41) is 2.97. The molecule has 0 radical (unpaired) electrons. The van der Waals surface area contributed by atoms with E-state index in [0.717, 1.165) is 23.5 Å². The Balaban J connectivity index is 1.53. The second kappa shape index (κ2) is 4.81. The van der Waals surface area contributed by atoms with E-state index in [1.807, 2.05) is 19.2 Å². The Kier molecular flexibility index (Phi) is 3.37. The van der Waals surface area contributed by atoms with Gasteiger partial charge in [-0.2, -0.15) is 0 Å². The van der Waals surface area contributed by atoms with Crippen LogP contribution in [0.25, 0.3) is 0 Å². The first-order chi connectivity index (χ1) is 9.46. The van der Waals surface area contributed by atoms with Crippen LogP contribution >= 0.6 is 22.9 Å². The number of piperidine rings is 1. The fourth-order valence-corrected chi connectivity index (χ4v) is 4.21. The lowest BCUT2D eigenvalue weighted by Gasteiger charge is -2.20. The number of nitrogens with zero attached hydrogens (tertiary/aromatic N) is 2. The van der Waals surface area contributed by atoms with Crippen LogP contribution in [0.4, 0.5) is 0 Å². The summed E-state index contributed by atoms with van der Waals surface area (Å²) in [4.78, 5) is 30.1. The van der Waals surface area contributed by atoms with Crippen LogP contribution in [0.5, 0.6) is 0 Å². The monoisotopic (exact) mass is 312 g/mol. The van der Waals surface area contributed by atoms with Crippen LogP contribution in [0.1, 0.15) is 31.0 Å². The number of rotatable bonds is 5. The van der Waals surface area contributed by atoms with Gasteiger partial charge in [0, 0.05) is 18.3 Å². The highest BCUT2D eigenvalue weighted by Gasteiger charge is 2.72. The average molecular weight is 313 g/mol. The van der Waals surface area contributed by atoms with Crippen LogP contribution in [0.3, 0.4) is 0 Å². The first kappa shape index (κ1) is 14.0. The molecule has 6 heteroatoms. The van der Waals surface area contributed by atoms with Gasteiger partial charge in [-0.25, -0.2) is 4.98 Å². The predicted molar refractivity (Wildman–Crippen MR) is 77.5 cm³/mol. The maximum Gasteiger partial charge on any atom is 0.233 e. The smallest absolute Gasteiger partial charge is 0.233 e. The number of likely N-dealkylation sites (tertiary alicyclic amines) is 1. The van der Waals surface area contributed by atoms with Crippen LogP contribution < -0.4 is 0 Å². The van der Waals surface area contributed by atoms with Gasteiger partial charge in [0.1, 0.15) is 0 Å². The molecule has 1 aromatic rings. The Hall–Kier alpha value is -0.940. The zero-order valence-electron chi connectivity index (χ0n) is 11.6. The Morgan fingerprint density at radius 3 is 2.55 bits per heavy atom. The molecule has 2 fully saturated rings. The van der Waals surface area contributed by atoms with Gasteiger partial charge in [-0.05, 0) is 11.8 Å². The lowest BCUT2D eigenvalue weighted by Crippen LogP contribution is -2.37. The van der Waals surface area contributed by atoms with Crippen molar-refractivity contribution in [2.75, 3.05) is 6.54 Å². The van der Waals surface area contributed by atoms with E-state index in [9.17, 15) is 9.59 Å². The standard InChI is InChI=1S/C14H17ClN2O2S/c1-14(2)10-11(14)13(19)17(12(10)18)5-3-4-9-16-8(6-15)7-20-9/h7,10-11H,3-6H2,1-2H3. The summed E-state index contributed by atoms with van der Waals surface area (Å²) in [5.41, 5.74) is 0.776. The molecule has 1 aliphatic heterocycles. The van der Waals surface area contributed by atoms with E-state index >= 15 is 0 Å². The second-order valence-electron chi connectivity index (χ2n) is 6.07. The molecule has 1 saturated carbocycles. The molecule has 1 aromatic heterocycles. The highest BCUT2D eigenvalue weighted by atomic mass is 35.5. The van der Waals surface area contributed by atoms with Gasteiger partial charge in [-0.1, -0.05) is 13.8 Å². The van der Waals surface area contributed by atoms with E-state index in [1.54, 1.807) is 11.3 Å². The van der Waals surface area contributed by atoms with Gasteiger partial charge in [-0.3, -0.25) is 14.5 Å². The molecule has 2 aliphatic rings. The molecule has 1 aliphatic carbocycles. The number of hydrogen-bond acceptors (Lipinski definition) is 4. The lowest BCUT2D eigenvalue weighted by atomic mass is 10.1. The van der Waals surface area contributed by atoms with Gasteiger partial charge in [0.25, 0.3) is 0 Å². The summed E-state index contributed by atoms with van der Waals surface area (Å²) in [6, 6.07) is 0. The van der Waals surface area contributed by atoms with Crippen molar-refractivity contribution in [3.63, 3.8) is 0 Å². The van der Waals surface area contributed by atoms with Gasteiger partial charge < -0.3 is 0 Å². The van der Waals surface area contributed by atoms with Crippen molar-refractivity contribution < 1.29 is 9.59 Å². The van der Waals surface area contributed by atoms with Gasteiger partial charge in [0.05, 0.1) is 28.4 Å². The number of carbonyl (C=O) groups excluding carboxylic acids is 2. The highest BCUT2D eigenvalue weighted by molar-refractivity contribution is 7.09. The molecule has 108 valence electrons. The number of thiazole rings is 1. The molecule has 2 atom stereocenters. The summed E-state index contributed by atoms with van der Waals surface area (Å²) >= 11 is 7.29. The van der Waals surface area contributed by atoms with Crippen molar-refractivity contribution in [2.45, 2.75) is 32.6 Å². The van der Waals surface area contributed by atoms with Crippen molar-refractivity contribution in [3.8, 4) is 0 Å². The minimum atomic E-state index is -0.116. The van der Waals surface area contributed by atoms with Crippen molar-refractivity contribution in [2.24, 2.45) is 17.3 Å². The number of carbonyl (C=O) groups is 2. The molecular formula is C14H17ClN2O2S. The lowest BCUT2D eigenvalue weighted by molar-refractivity contribution is -0.143. The van der Waals surface area contributed by atoms with E-state index in [4.69, 9.17) is 11.6 Å². The molecule has 2 amide bonds.